The molecule has 1 amide bonds. The molecule has 7 nitrogen and oxygen atoms in total. The maximum absolute atomic E-state index is 12.6. The molecule has 29 heavy (non-hydrogen) atoms. The highest BCUT2D eigenvalue weighted by Gasteiger charge is 2.23. The van der Waals surface area contributed by atoms with Crippen LogP contribution < -0.4 is 4.90 Å². The zero-order valence-electron chi connectivity index (χ0n) is 15.7. The molecule has 0 aliphatic heterocycles. The molecule has 9 heteroatoms. The minimum Gasteiger partial charge on any atom is -0.452 e. The molecule has 0 saturated carbocycles. The molecule has 0 heterocycles. The van der Waals surface area contributed by atoms with Crippen LogP contribution in [-0.4, -0.2) is 39.2 Å². The summed E-state index contributed by atoms with van der Waals surface area (Å²) >= 11 is 5.96. The molecular weight excluding hydrogens is 416 g/mol. The first-order chi connectivity index (χ1) is 13.8. The number of hydrogen-bond donors (Lipinski definition) is 0. The van der Waals surface area contributed by atoms with E-state index in [1.807, 2.05) is 6.07 Å². The van der Waals surface area contributed by atoms with Crippen LogP contribution in [0, 0.1) is 11.3 Å². The largest absolute Gasteiger partial charge is 0.452 e. The van der Waals surface area contributed by atoms with Crippen LogP contribution in [0.4, 0.5) is 5.69 Å². The van der Waals surface area contributed by atoms with E-state index in [0.717, 1.165) is 0 Å². The van der Waals surface area contributed by atoms with Crippen LogP contribution >= 0.6 is 11.6 Å². The number of carbonyl (C=O) groups is 2. The Morgan fingerprint density at radius 2 is 1.90 bits per heavy atom. The Labute approximate surface area is 174 Å². The Bertz CT molecular complexity index is 1050. The van der Waals surface area contributed by atoms with Crippen molar-refractivity contribution in [3.05, 3.63) is 59.1 Å². The monoisotopic (exact) mass is 434 g/mol. The quantitative estimate of drug-likeness (QED) is 0.590. The van der Waals surface area contributed by atoms with Gasteiger partial charge in [0, 0.05) is 17.3 Å². The van der Waals surface area contributed by atoms with Gasteiger partial charge < -0.3 is 9.64 Å². The summed E-state index contributed by atoms with van der Waals surface area (Å²) in [5, 5.41) is 9.25. The Hall–Kier alpha value is -2.89. The predicted molar refractivity (Wildman–Crippen MR) is 108 cm³/mol. The van der Waals surface area contributed by atoms with Gasteiger partial charge in [-0.1, -0.05) is 36.7 Å². The smallest absolute Gasteiger partial charge is 0.339 e. The first-order valence-electron chi connectivity index (χ1n) is 8.72. The van der Waals surface area contributed by atoms with Crippen molar-refractivity contribution >= 4 is 39.0 Å². The van der Waals surface area contributed by atoms with Crippen molar-refractivity contribution < 1.29 is 22.7 Å². The van der Waals surface area contributed by atoms with Crippen molar-refractivity contribution in [2.24, 2.45) is 0 Å². The second-order valence-electron chi connectivity index (χ2n) is 5.91. The van der Waals surface area contributed by atoms with E-state index in [9.17, 15) is 18.0 Å². The standard InChI is InChI=1S/C20H19ClN2O5S/c1-2-29(26,27)18-10-4-3-9-17(18)20(25)28-14-19(24)23(12-6-11-22)16-8-5-7-15(21)13-16/h3-5,7-10,13H,2,6,12,14H2,1H3. The fourth-order valence-electron chi connectivity index (χ4n) is 2.55. The van der Waals surface area contributed by atoms with E-state index in [4.69, 9.17) is 21.6 Å². The van der Waals surface area contributed by atoms with E-state index in [0.29, 0.717) is 10.7 Å². The van der Waals surface area contributed by atoms with E-state index in [-0.39, 0.29) is 29.2 Å². The number of nitriles is 1. The molecule has 0 atom stereocenters. The van der Waals surface area contributed by atoms with Gasteiger partial charge in [0.2, 0.25) is 0 Å². The molecule has 0 aliphatic carbocycles. The van der Waals surface area contributed by atoms with Gasteiger partial charge in [0.15, 0.2) is 16.4 Å². The van der Waals surface area contributed by atoms with Crippen molar-refractivity contribution in [2.75, 3.05) is 23.8 Å². The van der Waals surface area contributed by atoms with Gasteiger partial charge in [-0.3, -0.25) is 4.79 Å². The van der Waals surface area contributed by atoms with Crippen molar-refractivity contribution in [3.63, 3.8) is 0 Å². The Morgan fingerprint density at radius 1 is 1.17 bits per heavy atom. The highest BCUT2D eigenvalue weighted by Crippen LogP contribution is 2.21. The third-order valence-corrected chi connectivity index (χ3v) is 6.04. The number of rotatable bonds is 8. The first-order valence-corrected chi connectivity index (χ1v) is 10.7. The van der Waals surface area contributed by atoms with Crippen molar-refractivity contribution in [3.8, 4) is 6.07 Å². The molecule has 0 aliphatic rings. The Morgan fingerprint density at radius 3 is 2.55 bits per heavy atom. The van der Waals surface area contributed by atoms with Crippen molar-refractivity contribution in [2.45, 2.75) is 18.2 Å². The topological polar surface area (TPSA) is 105 Å². The van der Waals surface area contributed by atoms with Crippen LogP contribution in [0.3, 0.4) is 0 Å². The van der Waals surface area contributed by atoms with Gasteiger partial charge in [0.05, 0.1) is 28.7 Å². The zero-order chi connectivity index (χ0) is 21.4. The van der Waals surface area contributed by atoms with Gasteiger partial charge in [-0.05, 0) is 30.3 Å². The third kappa shape index (κ3) is 5.79. The molecule has 2 aromatic carbocycles. The van der Waals surface area contributed by atoms with Crippen molar-refractivity contribution in [1.82, 2.24) is 0 Å². The fraction of sp³-hybridized carbons (Fsp3) is 0.250. The van der Waals surface area contributed by atoms with E-state index >= 15 is 0 Å². The first kappa shape index (κ1) is 22.4. The normalized spacial score (nSPS) is 10.8. The number of hydrogen-bond acceptors (Lipinski definition) is 6. The lowest BCUT2D eigenvalue weighted by atomic mass is 10.2. The lowest BCUT2D eigenvalue weighted by molar-refractivity contribution is -0.121. The summed E-state index contributed by atoms with van der Waals surface area (Å²) < 4.78 is 29.4. The summed E-state index contributed by atoms with van der Waals surface area (Å²) in [5.41, 5.74) is 0.330. The molecule has 0 spiro atoms. The van der Waals surface area contributed by atoms with Gasteiger partial charge in [-0.25, -0.2) is 13.2 Å². The Balaban J connectivity index is 2.18. The second kappa shape index (κ2) is 10.0. The Kier molecular flexibility index (Phi) is 7.76. The number of sulfone groups is 1. The SMILES string of the molecule is CCS(=O)(=O)c1ccccc1C(=O)OCC(=O)N(CCC#N)c1cccc(Cl)c1. The zero-order valence-corrected chi connectivity index (χ0v) is 17.2. The maximum atomic E-state index is 12.6. The molecular formula is C20H19ClN2O5S. The molecule has 0 radical (unpaired) electrons. The number of amides is 1. The van der Waals surface area contributed by atoms with Gasteiger partial charge >= 0.3 is 5.97 Å². The summed E-state index contributed by atoms with van der Waals surface area (Å²) in [4.78, 5) is 26.2. The highest BCUT2D eigenvalue weighted by molar-refractivity contribution is 7.91. The molecule has 0 unspecified atom stereocenters. The van der Waals surface area contributed by atoms with E-state index in [2.05, 4.69) is 0 Å². The lowest BCUT2D eigenvalue weighted by Gasteiger charge is -2.22. The van der Waals surface area contributed by atoms with Gasteiger partial charge in [0.1, 0.15) is 0 Å². The second-order valence-corrected chi connectivity index (χ2v) is 8.59. The molecule has 0 saturated heterocycles. The summed E-state index contributed by atoms with van der Waals surface area (Å²) in [6.07, 6.45) is 0.0732. The van der Waals surface area contributed by atoms with Gasteiger partial charge in [0.25, 0.3) is 5.91 Å². The summed E-state index contributed by atoms with van der Waals surface area (Å²) in [7, 11) is -3.64. The van der Waals surface area contributed by atoms with Gasteiger partial charge in [-0.15, -0.1) is 0 Å². The number of anilines is 1. The maximum Gasteiger partial charge on any atom is 0.339 e. The molecule has 2 aromatic rings. The van der Waals surface area contributed by atoms with Crippen LogP contribution in [0.15, 0.2) is 53.4 Å². The minimum atomic E-state index is -3.64. The van der Waals surface area contributed by atoms with Gasteiger partial charge in [-0.2, -0.15) is 5.26 Å². The number of carbonyl (C=O) groups excluding carboxylic acids is 2. The molecule has 2 rings (SSSR count). The summed E-state index contributed by atoms with van der Waals surface area (Å²) in [6.45, 7) is 0.949. The number of benzene rings is 2. The highest BCUT2D eigenvalue weighted by atomic mass is 35.5. The predicted octanol–water partition coefficient (Wildman–Crippen LogP) is 3.24. The van der Waals surface area contributed by atoms with Crippen LogP contribution in [0.1, 0.15) is 23.7 Å². The van der Waals surface area contributed by atoms with E-state index in [1.54, 1.807) is 24.3 Å². The van der Waals surface area contributed by atoms with Crippen LogP contribution in [0.25, 0.3) is 0 Å². The molecule has 0 aromatic heterocycles. The third-order valence-electron chi connectivity index (χ3n) is 4.02. The van der Waals surface area contributed by atoms with E-state index in [1.165, 1.54) is 36.1 Å². The molecule has 0 fully saturated rings. The van der Waals surface area contributed by atoms with E-state index < -0.39 is 28.3 Å². The summed E-state index contributed by atoms with van der Waals surface area (Å²) in [6, 6.07) is 14.1. The lowest BCUT2D eigenvalue weighted by Crippen LogP contribution is -2.35. The van der Waals surface area contributed by atoms with Crippen LogP contribution in [-0.2, 0) is 19.4 Å². The number of esters is 1. The number of ether oxygens (including phenoxy) is 1. The van der Waals surface area contributed by atoms with Crippen LogP contribution in [0.5, 0.6) is 0 Å². The molecule has 0 N–H and O–H groups in total. The average molecular weight is 435 g/mol. The summed E-state index contributed by atoms with van der Waals surface area (Å²) in [5.74, 6) is -1.66. The fourth-order valence-corrected chi connectivity index (χ4v) is 3.82. The number of halogens is 1. The van der Waals surface area contributed by atoms with Crippen LogP contribution in [0.2, 0.25) is 5.02 Å². The minimum absolute atomic E-state index is 0.0732. The average Bonchev–Trinajstić information content (AvgIpc) is 2.72. The number of nitrogens with zero attached hydrogens (tertiary/aromatic N) is 2. The molecule has 152 valence electrons. The molecule has 0 bridgehead atoms. The van der Waals surface area contributed by atoms with Crippen molar-refractivity contribution in [1.29, 1.82) is 5.26 Å².